The van der Waals surface area contributed by atoms with Crippen molar-refractivity contribution in [2.45, 2.75) is 46.5 Å². The number of ether oxygens (including phenoxy) is 1. The molecule has 2 rings (SSSR count). The first-order valence-electron chi connectivity index (χ1n) is 7.50. The van der Waals surface area contributed by atoms with E-state index in [4.69, 9.17) is 4.74 Å². The number of esters is 1. The van der Waals surface area contributed by atoms with E-state index in [1.54, 1.807) is 0 Å². The van der Waals surface area contributed by atoms with Crippen LogP contribution in [0.1, 0.15) is 46.5 Å². The van der Waals surface area contributed by atoms with Crippen molar-refractivity contribution >= 4 is 5.97 Å². The Morgan fingerprint density at radius 2 is 2.00 bits per heavy atom. The number of fused-ring (bicyclic) bond motifs is 1. The first-order valence-corrected chi connectivity index (χ1v) is 7.50. The van der Waals surface area contributed by atoms with E-state index in [0.29, 0.717) is 30.3 Å². The van der Waals surface area contributed by atoms with Gasteiger partial charge in [-0.05, 0) is 43.4 Å². The monoisotopic (exact) mass is 250 g/mol. The Morgan fingerprint density at radius 1 is 1.28 bits per heavy atom. The molecule has 2 nitrogen and oxygen atoms in total. The van der Waals surface area contributed by atoms with E-state index in [9.17, 15) is 4.79 Å². The smallest absolute Gasteiger partial charge is 0.309 e. The Morgan fingerprint density at radius 3 is 2.67 bits per heavy atom. The van der Waals surface area contributed by atoms with Gasteiger partial charge in [0.2, 0.25) is 0 Å². The van der Waals surface area contributed by atoms with E-state index in [1.807, 2.05) is 6.92 Å². The standard InChI is InChI=1S/C16H26O2/c1-4-18-16(17)15-13(11(2)3)10-9-12-7-5-6-8-14(12)15/h9-15H,4-8H2,1-3H3/t12-,13-,14-,15-/m1/s1. The molecule has 4 atom stereocenters. The number of hydrogen-bond donors (Lipinski definition) is 0. The third kappa shape index (κ3) is 2.62. The van der Waals surface area contributed by atoms with Gasteiger partial charge in [-0.2, -0.15) is 0 Å². The Hall–Kier alpha value is -0.790. The van der Waals surface area contributed by atoms with E-state index in [2.05, 4.69) is 26.0 Å². The van der Waals surface area contributed by atoms with Gasteiger partial charge < -0.3 is 4.74 Å². The van der Waals surface area contributed by atoms with Crippen LogP contribution >= 0.6 is 0 Å². The second kappa shape index (κ2) is 5.90. The summed E-state index contributed by atoms with van der Waals surface area (Å²) in [6.07, 6.45) is 9.70. The molecule has 0 amide bonds. The molecule has 1 fully saturated rings. The lowest BCUT2D eigenvalue weighted by Crippen LogP contribution is -2.41. The molecule has 102 valence electrons. The molecule has 0 bridgehead atoms. The van der Waals surface area contributed by atoms with E-state index in [-0.39, 0.29) is 11.9 Å². The summed E-state index contributed by atoms with van der Waals surface area (Å²) in [5.41, 5.74) is 0. The average Bonchev–Trinajstić information content (AvgIpc) is 2.37. The summed E-state index contributed by atoms with van der Waals surface area (Å²) in [4.78, 5) is 12.3. The molecule has 0 heterocycles. The van der Waals surface area contributed by atoms with Gasteiger partial charge in [-0.3, -0.25) is 4.79 Å². The maximum atomic E-state index is 12.3. The molecular weight excluding hydrogens is 224 g/mol. The zero-order valence-electron chi connectivity index (χ0n) is 11.9. The molecule has 1 saturated carbocycles. The SMILES string of the molecule is CCOC(=O)[C@H]1[C@@H]2CCCC[C@@H]2C=C[C@@H]1C(C)C. The molecule has 2 aliphatic carbocycles. The highest BCUT2D eigenvalue weighted by atomic mass is 16.5. The third-order valence-electron chi connectivity index (χ3n) is 4.66. The molecule has 0 aromatic rings. The van der Waals surface area contributed by atoms with Crippen molar-refractivity contribution in [3.63, 3.8) is 0 Å². The highest BCUT2D eigenvalue weighted by molar-refractivity contribution is 5.74. The molecule has 0 spiro atoms. The third-order valence-corrected chi connectivity index (χ3v) is 4.66. The molecule has 0 N–H and O–H groups in total. The quantitative estimate of drug-likeness (QED) is 0.562. The summed E-state index contributed by atoms with van der Waals surface area (Å²) in [5, 5.41) is 0. The number of carbonyl (C=O) groups is 1. The Kier molecular flexibility index (Phi) is 4.47. The van der Waals surface area contributed by atoms with E-state index < -0.39 is 0 Å². The van der Waals surface area contributed by atoms with Crippen molar-refractivity contribution in [3.8, 4) is 0 Å². The van der Waals surface area contributed by atoms with Gasteiger partial charge in [0.1, 0.15) is 0 Å². The molecule has 0 radical (unpaired) electrons. The zero-order chi connectivity index (χ0) is 13.1. The van der Waals surface area contributed by atoms with Gasteiger partial charge >= 0.3 is 5.97 Å². The van der Waals surface area contributed by atoms with E-state index in [0.717, 1.165) is 0 Å². The summed E-state index contributed by atoms with van der Waals surface area (Å²) >= 11 is 0. The molecule has 2 heteroatoms. The number of carbonyl (C=O) groups excluding carboxylic acids is 1. The van der Waals surface area contributed by atoms with E-state index >= 15 is 0 Å². The molecular formula is C16H26O2. The average molecular weight is 250 g/mol. The maximum Gasteiger partial charge on any atom is 0.309 e. The minimum Gasteiger partial charge on any atom is -0.466 e. The lowest BCUT2D eigenvalue weighted by Gasteiger charge is -2.42. The van der Waals surface area contributed by atoms with Crippen molar-refractivity contribution in [2.24, 2.45) is 29.6 Å². The number of allylic oxidation sites excluding steroid dienone is 2. The van der Waals surface area contributed by atoms with Crippen LogP contribution in [-0.2, 0) is 9.53 Å². The van der Waals surface area contributed by atoms with Crippen molar-refractivity contribution in [3.05, 3.63) is 12.2 Å². The lowest BCUT2D eigenvalue weighted by atomic mass is 9.62. The fraction of sp³-hybridized carbons (Fsp3) is 0.812. The lowest BCUT2D eigenvalue weighted by molar-refractivity contribution is -0.154. The van der Waals surface area contributed by atoms with Crippen molar-refractivity contribution in [2.75, 3.05) is 6.61 Å². The minimum atomic E-state index is 0.0393. The Labute approximate surface area is 111 Å². The van der Waals surface area contributed by atoms with Crippen molar-refractivity contribution in [1.29, 1.82) is 0 Å². The maximum absolute atomic E-state index is 12.3. The number of hydrogen-bond acceptors (Lipinski definition) is 2. The molecule has 0 aliphatic heterocycles. The van der Waals surface area contributed by atoms with Gasteiger partial charge in [0.25, 0.3) is 0 Å². The Balaban J connectivity index is 2.22. The van der Waals surface area contributed by atoms with Crippen LogP contribution < -0.4 is 0 Å². The fourth-order valence-electron chi connectivity index (χ4n) is 3.76. The Bertz CT molecular complexity index is 319. The summed E-state index contributed by atoms with van der Waals surface area (Å²) in [7, 11) is 0. The molecule has 0 unspecified atom stereocenters. The van der Waals surface area contributed by atoms with Gasteiger partial charge in [-0.15, -0.1) is 0 Å². The van der Waals surface area contributed by atoms with E-state index in [1.165, 1.54) is 25.7 Å². The largest absolute Gasteiger partial charge is 0.466 e. The summed E-state index contributed by atoms with van der Waals surface area (Å²) in [6.45, 7) is 6.83. The van der Waals surface area contributed by atoms with Gasteiger partial charge in [0.05, 0.1) is 12.5 Å². The van der Waals surface area contributed by atoms with Gasteiger partial charge in [0.15, 0.2) is 0 Å². The van der Waals surface area contributed by atoms with Crippen LogP contribution in [0.25, 0.3) is 0 Å². The van der Waals surface area contributed by atoms with Crippen LogP contribution in [0.5, 0.6) is 0 Å². The second-order valence-corrected chi connectivity index (χ2v) is 6.10. The molecule has 0 aromatic carbocycles. The van der Waals surface area contributed by atoms with Crippen LogP contribution in [0, 0.1) is 29.6 Å². The molecule has 18 heavy (non-hydrogen) atoms. The predicted octanol–water partition coefficient (Wildman–Crippen LogP) is 3.81. The van der Waals surface area contributed by atoms with Crippen LogP contribution in [0.3, 0.4) is 0 Å². The molecule has 2 aliphatic rings. The topological polar surface area (TPSA) is 26.3 Å². The van der Waals surface area contributed by atoms with Crippen molar-refractivity contribution in [1.82, 2.24) is 0 Å². The summed E-state index contributed by atoms with van der Waals surface area (Å²) in [6, 6.07) is 0. The van der Waals surface area contributed by atoms with Crippen LogP contribution in [0.4, 0.5) is 0 Å². The predicted molar refractivity (Wildman–Crippen MR) is 73.0 cm³/mol. The fourth-order valence-corrected chi connectivity index (χ4v) is 3.76. The highest BCUT2D eigenvalue weighted by Crippen LogP contribution is 2.45. The first kappa shape index (κ1) is 13.6. The minimum absolute atomic E-state index is 0.0393. The van der Waals surface area contributed by atoms with Gasteiger partial charge in [0, 0.05) is 0 Å². The summed E-state index contributed by atoms with van der Waals surface area (Å²) in [5.74, 6) is 2.15. The molecule has 0 aromatic heterocycles. The molecule has 0 saturated heterocycles. The number of rotatable bonds is 3. The van der Waals surface area contributed by atoms with Crippen molar-refractivity contribution < 1.29 is 9.53 Å². The zero-order valence-corrected chi connectivity index (χ0v) is 11.9. The highest BCUT2D eigenvalue weighted by Gasteiger charge is 2.43. The van der Waals surface area contributed by atoms with Crippen LogP contribution in [0.15, 0.2) is 12.2 Å². The normalized spacial score (nSPS) is 35.3. The first-order chi connectivity index (χ1) is 8.65. The van der Waals surface area contributed by atoms with Gasteiger partial charge in [-0.25, -0.2) is 0 Å². The van der Waals surface area contributed by atoms with Gasteiger partial charge in [-0.1, -0.05) is 38.8 Å². The summed E-state index contributed by atoms with van der Waals surface area (Å²) < 4.78 is 5.34. The second-order valence-electron chi connectivity index (χ2n) is 6.10. The van der Waals surface area contributed by atoms with Crippen LogP contribution in [0.2, 0.25) is 0 Å². The van der Waals surface area contributed by atoms with Crippen LogP contribution in [-0.4, -0.2) is 12.6 Å².